The Bertz CT molecular complexity index is 931. The number of carbonyl (C=O) groups is 1. The van der Waals surface area contributed by atoms with Gasteiger partial charge in [-0.1, -0.05) is 0 Å². The van der Waals surface area contributed by atoms with Crippen molar-refractivity contribution in [1.82, 2.24) is 15.5 Å². The quantitative estimate of drug-likeness (QED) is 0.659. The van der Waals surface area contributed by atoms with Crippen molar-refractivity contribution < 1.29 is 23.4 Å². The molecular weight excluding hydrogens is 338 g/mol. The van der Waals surface area contributed by atoms with Gasteiger partial charge in [-0.25, -0.2) is 0 Å². The zero-order chi connectivity index (χ0) is 17.9. The smallest absolute Gasteiger partial charge is 0.271 e. The van der Waals surface area contributed by atoms with E-state index in [2.05, 4.69) is 15.5 Å². The SMILES string of the molecule is Cc1ccc(-c2cc(C(=O)NCCOc3ccc4c(c3)OCO4)n[nH]2)o1. The Morgan fingerprint density at radius 2 is 2.12 bits per heavy atom. The standard InChI is InChI=1S/C18H17N3O5/c1-11-2-4-15(26-11)13-9-14(21-20-13)18(22)19-6-7-23-12-3-5-16-17(8-12)25-10-24-16/h2-5,8-9H,6-7,10H2,1H3,(H,19,22)(H,20,21). The number of ether oxygens (including phenoxy) is 3. The van der Waals surface area contributed by atoms with E-state index in [1.165, 1.54) is 0 Å². The minimum absolute atomic E-state index is 0.220. The Hall–Kier alpha value is -3.42. The molecule has 3 heterocycles. The molecule has 0 radical (unpaired) electrons. The molecule has 1 aliphatic heterocycles. The van der Waals surface area contributed by atoms with Crippen molar-refractivity contribution in [1.29, 1.82) is 0 Å². The molecule has 3 aromatic rings. The number of H-pyrrole nitrogens is 1. The fourth-order valence-electron chi connectivity index (χ4n) is 2.53. The van der Waals surface area contributed by atoms with Gasteiger partial charge in [-0.15, -0.1) is 0 Å². The number of aromatic amines is 1. The number of nitrogens with zero attached hydrogens (tertiary/aromatic N) is 1. The summed E-state index contributed by atoms with van der Waals surface area (Å²) < 4.78 is 21.6. The monoisotopic (exact) mass is 355 g/mol. The van der Waals surface area contributed by atoms with Crippen LogP contribution in [0.25, 0.3) is 11.5 Å². The average Bonchev–Trinajstić information content (AvgIpc) is 3.37. The van der Waals surface area contributed by atoms with Crippen molar-refractivity contribution in [3.63, 3.8) is 0 Å². The Morgan fingerprint density at radius 3 is 2.96 bits per heavy atom. The number of aromatic nitrogens is 2. The summed E-state index contributed by atoms with van der Waals surface area (Å²) in [6, 6.07) is 10.7. The third-order valence-electron chi connectivity index (χ3n) is 3.82. The Kier molecular flexibility index (Phi) is 4.22. The van der Waals surface area contributed by atoms with Crippen LogP contribution in [-0.2, 0) is 0 Å². The van der Waals surface area contributed by atoms with E-state index >= 15 is 0 Å². The van der Waals surface area contributed by atoms with Gasteiger partial charge in [0.25, 0.3) is 5.91 Å². The summed E-state index contributed by atoms with van der Waals surface area (Å²) in [6.45, 7) is 2.74. The topological polar surface area (TPSA) is 98.6 Å². The molecule has 134 valence electrons. The number of aryl methyl sites for hydroxylation is 1. The number of fused-ring (bicyclic) bond motifs is 1. The number of hydrogen-bond donors (Lipinski definition) is 2. The lowest BCUT2D eigenvalue weighted by Crippen LogP contribution is -2.28. The third kappa shape index (κ3) is 3.34. The minimum Gasteiger partial charge on any atom is -0.492 e. The van der Waals surface area contributed by atoms with E-state index in [1.54, 1.807) is 24.3 Å². The van der Waals surface area contributed by atoms with Crippen LogP contribution in [0.5, 0.6) is 17.2 Å². The van der Waals surface area contributed by atoms with Gasteiger partial charge >= 0.3 is 0 Å². The van der Waals surface area contributed by atoms with Gasteiger partial charge in [-0.05, 0) is 31.2 Å². The number of rotatable bonds is 6. The van der Waals surface area contributed by atoms with Crippen LogP contribution in [0.15, 0.2) is 40.8 Å². The van der Waals surface area contributed by atoms with E-state index in [1.807, 2.05) is 19.1 Å². The number of hydrogen-bond acceptors (Lipinski definition) is 6. The second-order valence-electron chi connectivity index (χ2n) is 5.70. The lowest BCUT2D eigenvalue weighted by molar-refractivity contribution is 0.0942. The maximum atomic E-state index is 12.1. The molecule has 1 aromatic carbocycles. The Morgan fingerprint density at radius 1 is 1.23 bits per heavy atom. The fraction of sp³-hybridized carbons (Fsp3) is 0.222. The first-order valence-electron chi connectivity index (χ1n) is 8.12. The van der Waals surface area contributed by atoms with Crippen molar-refractivity contribution in [2.24, 2.45) is 0 Å². The van der Waals surface area contributed by atoms with Gasteiger partial charge in [-0.3, -0.25) is 9.89 Å². The maximum Gasteiger partial charge on any atom is 0.271 e. The van der Waals surface area contributed by atoms with Crippen molar-refractivity contribution in [2.75, 3.05) is 19.9 Å². The molecule has 0 unspecified atom stereocenters. The number of nitrogens with one attached hydrogen (secondary N) is 2. The van der Waals surface area contributed by atoms with Crippen molar-refractivity contribution in [2.45, 2.75) is 6.92 Å². The Balaban J connectivity index is 1.27. The zero-order valence-electron chi connectivity index (χ0n) is 14.1. The summed E-state index contributed by atoms with van der Waals surface area (Å²) >= 11 is 0. The highest BCUT2D eigenvalue weighted by Gasteiger charge is 2.14. The van der Waals surface area contributed by atoms with E-state index in [9.17, 15) is 4.79 Å². The zero-order valence-corrected chi connectivity index (χ0v) is 14.1. The second-order valence-corrected chi connectivity index (χ2v) is 5.70. The molecule has 0 atom stereocenters. The molecule has 8 nitrogen and oxygen atoms in total. The molecular formula is C18H17N3O5. The molecule has 2 N–H and O–H groups in total. The lowest BCUT2D eigenvalue weighted by Gasteiger charge is -2.07. The van der Waals surface area contributed by atoms with Crippen LogP contribution in [-0.4, -0.2) is 36.0 Å². The fourth-order valence-corrected chi connectivity index (χ4v) is 2.53. The number of carbonyl (C=O) groups excluding carboxylic acids is 1. The molecule has 0 aliphatic carbocycles. The van der Waals surface area contributed by atoms with Gasteiger partial charge in [0.2, 0.25) is 6.79 Å². The van der Waals surface area contributed by atoms with Crippen LogP contribution in [0.4, 0.5) is 0 Å². The number of furan rings is 1. The average molecular weight is 355 g/mol. The van der Waals surface area contributed by atoms with Gasteiger partial charge in [0.1, 0.15) is 23.8 Å². The first-order valence-corrected chi connectivity index (χ1v) is 8.12. The predicted molar refractivity (Wildman–Crippen MR) is 91.4 cm³/mol. The van der Waals surface area contributed by atoms with E-state index in [-0.39, 0.29) is 18.4 Å². The first-order chi connectivity index (χ1) is 12.7. The molecule has 26 heavy (non-hydrogen) atoms. The van der Waals surface area contributed by atoms with Gasteiger partial charge in [0, 0.05) is 12.1 Å². The van der Waals surface area contributed by atoms with Gasteiger partial charge < -0.3 is 23.9 Å². The van der Waals surface area contributed by atoms with Gasteiger partial charge in [-0.2, -0.15) is 5.10 Å². The van der Waals surface area contributed by atoms with Crippen LogP contribution in [0.3, 0.4) is 0 Å². The summed E-state index contributed by atoms with van der Waals surface area (Å²) in [5.41, 5.74) is 0.942. The summed E-state index contributed by atoms with van der Waals surface area (Å²) in [4.78, 5) is 12.1. The molecule has 0 spiro atoms. The highest BCUT2D eigenvalue weighted by atomic mass is 16.7. The largest absolute Gasteiger partial charge is 0.492 e. The number of benzene rings is 1. The van der Waals surface area contributed by atoms with Crippen LogP contribution >= 0.6 is 0 Å². The van der Waals surface area contributed by atoms with Gasteiger partial charge in [0.15, 0.2) is 23.0 Å². The lowest BCUT2D eigenvalue weighted by atomic mass is 10.3. The summed E-state index contributed by atoms with van der Waals surface area (Å²) in [7, 11) is 0. The first kappa shape index (κ1) is 16.1. The Labute approximate surface area is 149 Å². The summed E-state index contributed by atoms with van der Waals surface area (Å²) in [6.07, 6.45) is 0. The molecule has 0 bridgehead atoms. The summed E-state index contributed by atoms with van der Waals surface area (Å²) in [5.74, 6) is 3.15. The van der Waals surface area contributed by atoms with Crippen molar-refractivity contribution in [3.8, 4) is 28.7 Å². The van der Waals surface area contributed by atoms with Crippen LogP contribution in [0.1, 0.15) is 16.2 Å². The second kappa shape index (κ2) is 6.83. The molecule has 1 amide bonds. The van der Waals surface area contributed by atoms with Gasteiger partial charge in [0.05, 0.1) is 6.54 Å². The molecule has 8 heteroatoms. The maximum absolute atomic E-state index is 12.1. The highest BCUT2D eigenvalue weighted by molar-refractivity contribution is 5.93. The normalized spacial score (nSPS) is 12.2. The van der Waals surface area contributed by atoms with Crippen LogP contribution < -0.4 is 19.5 Å². The van der Waals surface area contributed by atoms with Crippen LogP contribution in [0, 0.1) is 6.92 Å². The molecule has 4 rings (SSSR count). The third-order valence-corrected chi connectivity index (χ3v) is 3.82. The predicted octanol–water partition coefficient (Wildman–Crippen LogP) is 2.52. The van der Waals surface area contributed by atoms with E-state index in [0.29, 0.717) is 41.9 Å². The molecule has 0 saturated heterocycles. The van der Waals surface area contributed by atoms with E-state index in [4.69, 9.17) is 18.6 Å². The summed E-state index contributed by atoms with van der Waals surface area (Å²) in [5, 5.41) is 9.56. The molecule has 0 saturated carbocycles. The molecule has 2 aromatic heterocycles. The van der Waals surface area contributed by atoms with Crippen molar-refractivity contribution >= 4 is 5.91 Å². The number of amides is 1. The van der Waals surface area contributed by atoms with E-state index < -0.39 is 0 Å². The molecule has 0 fully saturated rings. The van der Waals surface area contributed by atoms with E-state index in [0.717, 1.165) is 5.76 Å². The van der Waals surface area contributed by atoms with Crippen LogP contribution in [0.2, 0.25) is 0 Å². The highest BCUT2D eigenvalue weighted by Crippen LogP contribution is 2.34. The minimum atomic E-state index is -0.287. The molecule has 1 aliphatic rings. The van der Waals surface area contributed by atoms with Crippen molar-refractivity contribution in [3.05, 3.63) is 47.9 Å².